The molecule has 2 rings (SSSR count). The second kappa shape index (κ2) is 2.90. The maximum atomic E-state index is 9.34. The minimum absolute atomic E-state index is 0.500. The van der Waals surface area contributed by atoms with Gasteiger partial charge in [0.25, 0.3) is 0 Å². The molecule has 12 heavy (non-hydrogen) atoms. The predicted octanol–water partition coefficient (Wildman–Crippen LogP) is -0.637. The van der Waals surface area contributed by atoms with Crippen LogP contribution in [-0.2, 0) is 17.8 Å². The monoisotopic (exact) mass is 163 g/mol. The second-order valence-electron chi connectivity index (χ2n) is 2.90. The van der Waals surface area contributed by atoms with Crippen LogP contribution in [0.3, 0.4) is 0 Å². The lowest BCUT2D eigenvalue weighted by atomic mass is 9.79. The maximum absolute atomic E-state index is 9.34. The summed E-state index contributed by atoms with van der Waals surface area (Å²) in [6.07, 6.45) is 0. The van der Waals surface area contributed by atoms with Gasteiger partial charge in [-0.25, -0.2) is 0 Å². The summed E-state index contributed by atoms with van der Waals surface area (Å²) in [6.45, 7) is 1.00. The summed E-state index contributed by atoms with van der Waals surface area (Å²) in [7, 11) is -0.758. The molecule has 0 fully saturated rings. The van der Waals surface area contributed by atoms with Gasteiger partial charge in [0.1, 0.15) is 0 Å². The first-order valence-corrected chi connectivity index (χ1v) is 3.92. The molecule has 3 nitrogen and oxygen atoms in total. The zero-order chi connectivity index (χ0) is 8.55. The molecule has 3 N–H and O–H groups in total. The molecule has 0 saturated heterocycles. The third-order valence-corrected chi connectivity index (χ3v) is 2.11. The smallest absolute Gasteiger partial charge is 0.423 e. The largest absolute Gasteiger partial charge is 0.491 e. The van der Waals surface area contributed by atoms with E-state index in [9.17, 15) is 5.02 Å². The molecule has 0 aromatic heterocycles. The molecule has 0 saturated carbocycles. The topological polar surface area (TPSA) is 55.5 Å². The van der Waals surface area contributed by atoms with Crippen LogP contribution in [0.15, 0.2) is 18.2 Å². The number of benzene rings is 1. The van der Waals surface area contributed by atoms with Crippen LogP contribution >= 0.6 is 0 Å². The summed E-state index contributed by atoms with van der Waals surface area (Å²) in [5.41, 5.74) is 8.41. The fourth-order valence-corrected chi connectivity index (χ4v) is 1.39. The molecule has 0 aliphatic carbocycles. The lowest BCUT2D eigenvalue weighted by molar-refractivity contribution is 0.275. The van der Waals surface area contributed by atoms with Crippen molar-refractivity contribution in [2.75, 3.05) is 0 Å². The van der Waals surface area contributed by atoms with E-state index >= 15 is 0 Å². The van der Waals surface area contributed by atoms with E-state index in [2.05, 4.69) is 0 Å². The highest BCUT2D eigenvalue weighted by Crippen LogP contribution is 2.10. The van der Waals surface area contributed by atoms with Crippen molar-refractivity contribution < 1.29 is 9.68 Å². The van der Waals surface area contributed by atoms with E-state index in [1.54, 1.807) is 0 Å². The van der Waals surface area contributed by atoms with E-state index in [1.165, 1.54) is 0 Å². The van der Waals surface area contributed by atoms with E-state index in [0.717, 1.165) is 16.6 Å². The number of hydrogen-bond donors (Lipinski definition) is 2. The molecular weight excluding hydrogens is 153 g/mol. The first-order valence-electron chi connectivity index (χ1n) is 3.92. The van der Waals surface area contributed by atoms with Gasteiger partial charge in [0, 0.05) is 6.54 Å². The minimum atomic E-state index is -0.758. The number of fused-ring (bicyclic) bond motifs is 1. The first kappa shape index (κ1) is 7.80. The molecule has 0 bridgehead atoms. The summed E-state index contributed by atoms with van der Waals surface area (Å²) >= 11 is 0. The highest BCUT2D eigenvalue weighted by atomic mass is 16.5. The third-order valence-electron chi connectivity index (χ3n) is 2.11. The van der Waals surface area contributed by atoms with Gasteiger partial charge in [0.2, 0.25) is 0 Å². The van der Waals surface area contributed by atoms with E-state index < -0.39 is 7.12 Å². The maximum Gasteiger partial charge on any atom is 0.491 e. The number of hydrogen-bond acceptors (Lipinski definition) is 3. The highest BCUT2D eigenvalue weighted by molar-refractivity contribution is 6.61. The fourth-order valence-electron chi connectivity index (χ4n) is 1.39. The van der Waals surface area contributed by atoms with Crippen molar-refractivity contribution in [2.45, 2.75) is 13.2 Å². The van der Waals surface area contributed by atoms with Crippen molar-refractivity contribution in [1.82, 2.24) is 0 Å². The molecule has 4 heteroatoms. The normalized spacial score (nSPS) is 15.0. The summed E-state index contributed by atoms with van der Waals surface area (Å²) < 4.78 is 5.04. The number of rotatable bonds is 1. The highest BCUT2D eigenvalue weighted by Gasteiger charge is 2.26. The summed E-state index contributed by atoms with van der Waals surface area (Å²) in [6, 6.07) is 5.81. The van der Waals surface area contributed by atoms with Crippen LogP contribution in [0.2, 0.25) is 0 Å². The van der Waals surface area contributed by atoms with Crippen LogP contribution in [0.4, 0.5) is 0 Å². The van der Waals surface area contributed by atoms with Crippen LogP contribution in [0.25, 0.3) is 0 Å². The van der Waals surface area contributed by atoms with Gasteiger partial charge in [0.15, 0.2) is 0 Å². The Labute approximate surface area is 71.3 Å². The Bertz CT molecular complexity index is 303. The Morgan fingerprint density at radius 2 is 2.42 bits per heavy atom. The molecule has 0 unspecified atom stereocenters. The Hall–Kier alpha value is -0.835. The van der Waals surface area contributed by atoms with Crippen LogP contribution in [0.1, 0.15) is 11.1 Å². The summed E-state index contributed by atoms with van der Waals surface area (Å²) in [5, 5.41) is 9.34. The summed E-state index contributed by atoms with van der Waals surface area (Å²) in [4.78, 5) is 0. The zero-order valence-corrected chi connectivity index (χ0v) is 6.66. The van der Waals surface area contributed by atoms with E-state index in [-0.39, 0.29) is 0 Å². The Kier molecular flexibility index (Phi) is 1.88. The van der Waals surface area contributed by atoms with E-state index in [4.69, 9.17) is 10.4 Å². The zero-order valence-electron chi connectivity index (χ0n) is 6.66. The van der Waals surface area contributed by atoms with Crippen LogP contribution < -0.4 is 11.2 Å². The molecule has 62 valence electrons. The Morgan fingerprint density at radius 3 is 3.17 bits per heavy atom. The molecule has 0 radical (unpaired) electrons. The number of nitrogens with two attached hydrogens (primary N) is 1. The van der Waals surface area contributed by atoms with Gasteiger partial charge in [-0.1, -0.05) is 18.2 Å². The molecule has 0 atom stereocenters. The second-order valence-corrected chi connectivity index (χ2v) is 2.90. The molecule has 1 aromatic carbocycles. The van der Waals surface area contributed by atoms with Gasteiger partial charge < -0.3 is 15.4 Å². The Morgan fingerprint density at radius 1 is 1.58 bits per heavy atom. The molecule has 1 heterocycles. The van der Waals surface area contributed by atoms with Gasteiger partial charge in [-0.05, 0) is 16.6 Å². The van der Waals surface area contributed by atoms with Gasteiger partial charge in [-0.3, -0.25) is 0 Å². The van der Waals surface area contributed by atoms with Gasteiger partial charge >= 0.3 is 7.12 Å². The lowest BCUT2D eigenvalue weighted by Crippen LogP contribution is -2.28. The minimum Gasteiger partial charge on any atom is -0.423 e. The van der Waals surface area contributed by atoms with Crippen molar-refractivity contribution in [2.24, 2.45) is 5.73 Å². The molecule has 1 aromatic rings. The standard InChI is InChI=1S/C8H10BNO2/c10-4-6-1-2-7-5-12-9(11)8(7)3-6/h1-3,11H,4-5,10H2. The van der Waals surface area contributed by atoms with E-state index in [0.29, 0.717) is 13.2 Å². The average Bonchev–Trinajstić information content (AvgIpc) is 2.47. The van der Waals surface area contributed by atoms with E-state index in [1.807, 2.05) is 18.2 Å². The SMILES string of the molecule is NCc1ccc2c(c1)B(O)OC2. The molecule has 0 amide bonds. The van der Waals surface area contributed by atoms with Gasteiger partial charge in [-0.2, -0.15) is 0 Å². The molecule has 1 aliphatic rings. The van der Waals surface area contributed by atoms with Gasteiger partial charge in [0.05, 0.1) is 6.61 Å². The Balaban J connectivity index is 2.43. The van der Waals surface area contributed by atoms with Crippen LogP contribution in [0, 0.1) is 0 Å². The predicted molar refractivity (Wildman–Crippen MR) is 46.7 cm³/mol. The van der Waals surface area contributed by atoms with Crippen LogP contribution in [-0.4, -0.2) is 12.1 Å². The molecule has 0 spiro atoms. The third kappa shape index (κ3) is 1.14. The van der Waals surface area contributed by atoms with Crippen molar-refractivity contribution in [3.8, 4) is 0 Å². The quantitative estimate of drug-likeness (QED) is 0.541. The van der Waals surface area contributed by atoms with Gasteiger partial charge in [-0.15, -0.1) is 0 Å². The average molecular weight is 163 g/mol. The van der Waals surface area contributed by atoms with Crippen molar-refractivity contribution in [3.63, 3.8) is 0 Å². The van der Waals surface area contributed by atoms with Crippen molar-refractivity contribution in [3.05, 3.63) is 29.3 Å². The fraction of sp³-hybridized carbons (Fsp3) is 0.250. The molecule has 1 aliphatic heterocycles. The first-order chi connectivity index (χ1) is 5.81. The molecular formula is C8H10BNO2. The van der Waals surface area contributed by atoms with Crippen molar-refractivity contribution in [1.29, 1.82) is 0 Å². The van der Waals surface area contributed by atoms with Crippen molar-refractivity contribution >= 4 is 12.6 Å². The van der Waals surface area contributed by atoms with Crippen LogP contribution in [0.5, 0.6) is 0 Å². The lowest BCUT2D eigenvalue weighted by Gasteiger charge is -2.00. The summed E-state index contributed by atoms with van der Waals surface area (Å²) in [5.74, 6) is 0.